The fourth-order valence-electron chi connectivity index (χ4n) is 4.88. The molecule has 0 aliphatic carbocycles. The Labute approximate surface area is 118 Å². The van der Waals surface area contributed by atoms with Gasteiger partial charge in [0.2, 0.25) is 0 Å². The number of rotatable bonds is 2. The third-order valence-electron chi connectivity index (χ3n) is 6.34. The van der Waals surface area contributed by atoms with Crippen LogP contribution in [0.4, 0.5) is 0 Å². The summed E-state index contributed by atoms with van der Waals surface area (Å²) in [6, 6.07) is 1.53. The molecule has 3 heterocycles. The molecule has 4 atom stereocenters. The zero-order valence-corrected chi connectivity index (χ0v) is 12.8. The Morgan fingerprint density at radius 3 is 2.68 bits per heavy atom. The summed E-state index contributed by atoms with van der Waals surface area (Å²) in [6.45, 7) is 9.59. The van der Waals surface area contributed by atoms with E-state index in [1.165, 1.54) is 58.2 Å². The van der Waals surface area contributed by atoms with Crippen molar-refractivity contribution < 1.29 is 0 Å². The molecule has 0 bridgehead atoms. The third kappa shape index (κ3) is 2.34. The minimum atomic E-state index is 0.305. The van der Waals surface area contributed by atoms with Crippen molar-refractivity contribution in [3.05, 3.63) is 0 Å². The van der Waals surface area contributed by atoms with E-state index in [-0.39, 0.29) is 0 Å². The molecular formula is C16H31N3. The van der Waals surface area contributed by atoms with E-state index in [0.29, 0.717) is 11.6 Å². The van der Waals surface area contributed by atoms with Crippen LogP contribution in [0.15, 0.2) is 0 Å². The molecule has 3 aliphatic heterocycles. The van der Waals surface area contributed by atoms with Gasteiger partial charge in [-0.1, -0.05) is 6.92 Å². The molecule has 0 aromatic heterocycles. The Balaban J connectivity index is 1.78. The molecule has 3 fully saturated rings. The van der Waals surface area contributed by atoms with Crippen molar-refractivity contribution in [3.63, 3.8) is 0 Å². The molecule has 0 radical (unpaired) electrons. The molecule has 3 heteroatoms. The van der Waals surface area contributed by atoms with Crippen LogP contribution in [0.3, 0.4) is 0 Å². The van der Waals surface area contributed by atoms with Gasteiger partial charge in [-0.05, 0) is 64.5 Å². The molecule has 4 unspecified atom stereocenters. The van der Waals surface area contributed by atoms with Crippen molar-refractivity contribution >= 4 is 0 Å². The molecule has 2 N–H and O–H groups in total. The standard InChI is InChI=1S/C16H31N3/c1-13-5-3-9-19(14(13)2)16(12-17)7-10-18-8-4-6-15(18)11-16/h13-15H,3-12,17H2,1-2H3. The molecule has 3 saturated heterocycles. The van der Waals surface area contributed by atoms with Crippen LogP contribution < -0.4 is 5.73 Å². The van der Waals surface area contributed by atoms with E-state index in [2.05, 4.69) is 23.6 Å². The maximum Gasteiger partial charge on any atom is 0.0361 e. The van der Waals surface area contributed by atoms with Crippen LogP contribution in [0, 0.1) is 5.92 Å². The highest BCUT2D eigenvalue weighted by Crippen LogP contribution is 2.40. The number of fused-ring (bicyclic) bond motifs is 1. The zero-order chi connectivity index (χ0) is 13.5. The van der Waals surface area contributed by atoms with Gasteiger partial charge in [0.1, 0.15) is 0 Å². The molecule has 19 heavy (non-hydrogen) atoms. The lowest BCUT2D eigenvalue weighted by Crippen LogP contribution is -2.65. The van der Waals surface area contributed by atoms with E-state index in [1.807, 2.05) is 0 Å². The molecule has 110 valence electrons. The fourth-order valence-corrected chi connectivity index (χ4v) is 4.88. The van der Waals surface area contributed by atoms with E-state index in [0.717, 1.165) is 18.5 Å². The van der Waals surface area contributed by atoms with Gasteiger partial charge in [0.15, 0.2) is 0 Å². The largest absolute Gasteiger partial charge is 0.329 e. The highest BCUT2D eigenvalue weighted by Gasteiger charge is 2.46. The van der Waals surface area contributed by atoms with Gasteiger partial charge < -0.3 is 10.6 Å². The van der Waals surface area contributed by atoms with Crippen LogP contribution in [0.2, 0.25) is 0 Å². The predicted molar refractivity (Wildman–Crippen MR) is 80.2 cm³/mol. The van der Waals surface area contributed by atoms with Crippen molar-refractivity contribution in [3.8, 4) is 0 Å². The SMILES string of the molecule is CC1CCCN(C2(CN)CCN3CCCC3C2)C1C. The van der Waals surface area contributed by atoms with Gasteiger partial charge in [-0.15, -0.1) is 0 Å². The number of likely N-dealkylation sites (tertiary alicyclic amines) is 1. The Morgan fingerprint density at radius 1 is 1.11 bits per heavy atom. The Morgan fingerprint density at radius 2 is 1.89 bits per heavy atom. The summed E-state index contributed by atoms with van der Waals surface area (Å²) in [6.07, 6.45) is 8.17. The molecule has 3 aliphatic rings. The highest BCUT2D eigenvalue weighted by molar-refractivity contribution is 5.04. The van der Waals surface area contributed by atoms with Gasteiger partial charge >= 0.3 is 0 Å². The molecule has 0 aromatic rings. The number of nitrogens with two attached hydrogens (primary N) is 1. The average molecular weight is 265 g/mol. The van der Waals surface area contributed by atoms with E-state index in [4.69, 9.17) is 5.73 Å². The lowest BCUT2D eigenvalue weighted by molar-refractivity contribution is -0.0426. The fraction of sp³-hybridized carbons (Fsp3) is 1.00. The first-order valence-electron chi connectivity index (χ1n) is 8.37. The Kier molecular flexibility index (Phi) is 3.89. The Hall–Kier alpha value is -0.120. The number of nitrogens with zero attached hydrogens (tertiary/aromatic N) is 2. The van der Waals surface area contributed by atoms with Gasteiger partial charge in [0, 0.05) is 30.7 Å². The smallest absolute Gasteiger partial charge is 0.0361 e. The van der Waals surface area contributed by atoms with Crippen LogP contribution in [0.5, 0.6) is 0 Å². The van der Waals surface area contributed by atoms with Gasteiger partial charge in [-0.2, -0.15) is 0 Å². The third-order valence-corrected chi connectivity index (χ3v) is 6.34. The Bertz CT molecular complexity index is 319. The van der Waals surface area contributed by atoms with E-state index < -0.39 is 0 Å². The highest BCUT2D eigenvalue weighted by atomic mass is 15.3. The maximum absolute atomic E-state index is 6.30. The summed E-state index contributed by atoms with van der Waals surface area (Å²) < 4.78 is 0. The molecule has 0 amide bonds. The summed E-state index contributed by atoms with van der Waals surface area (Å²) >= 11 is 0. The molecular weight excluding hydrogens is 234 g/mol. The second-order valence-electron chi connectivity index (χ2n) is 7.27. The van der Waals surface area contributed by atoms with E-state index >= 15 is 0 Å². The lowest BCUT2D eigenvalue weighted by atomic mass is 9.77. The second-order valence-corrected chi connectivity index (χ2v) is 7.27. The molecule has 0 saturated carbocycles. The molecule has 3 rings (SSSR count). The molecule has 0 aromatic carbocycles. The summed E-state index contributed by atoms with van der Waals surface area (Å²) in [7, 11) is 0. The van der Waals surface area contributed by atoms with E-state index in [1.54, 1.807) is 0 Å². The zero-order valence-electron chi connectivity index (χ0n) is 12.8. The van der Waals surface area contributed by atoms with Crippen LogP contribution in [0.1, 0.15) is 52.4 Å². The summed E-state index contributed by atoms with van der Waals surface area (Å²) in [5.74, 6) is 0.832. The summed E-state index contributed by atoms with van der Waals surface area (Å²) in [5.41, 5.74) is 6.60. The van der Waals surface area contributed by atoms with Crippen molar-refractivity contribution in [1.82, 2.24) is 9.80 Å². The lowest BCUT2D eigenvalue weighted by Gasteiger charge is -2.55. The summed E-state index contributed by atoms with van der Waals surface area (Å²) in [4.78, 5) is 5.52. The van der Waals surface area contributed by atoms with Gasteiger partial charge in [-0.25, -0.2) is 0 Å². The first-order chi connectivity index (χ1) is 9.16. The van der Waals surface area contributed by atoms with Crippen molar-refractivity contribution in [2.75, 3.05) is 26.2 Å². The van der Waals surface area contributed by atoms with Crippen LogP contribution in [-0.4, -0.2) is 53.6 Å². The molecule has 0 spiro atoms. The molecule has 3 nitrogen and oxygen atoms in total. The van der Waals surface area contributed by atoms with Gasteiger partial charge in [-0.3, -0.25) is 4.90 Å². The van der Waals surface area contributed by atoms with Gasteiger partial charge in [0.25, 0.3) is 0 Å². The second kappa shape index (κ2) is 5.34. The van der Waals surface area contributed by atoms with Crippen LogP contribution in [-0.2, 0) is 0 Å². The first-order valence-corrected chi connectivity index (χ1v) is 8.37. The predicted octanol–water partition coefficient (Wildman–Crippen LogP) is 2.06. The first kappa shape index (κ1) is 13.8. The topological polar surface area (TPSA) is 32.5 Å². The van der Waals surface area contributed by atoms with Crippen molar-refractivity contribution in [2.45, 2.75) is 70.0 Å². The number of piperidine rings is 2. The van der Waals surface area contributed by atoms with Crippen molar-refractivity contribution in [2.24, 2.45) is 11.7 Å². The van der Waals surface area contributed by atoms with Crippen LogP contribution >= 0.6 is 0 Å². The maximum atomic E-state index is 6.30. The minimum Gasteiger partial charge on any atom is -0.329 e. The quantitative estimate of drug-likeness (QED) is 0.829. The monoisotopic (exact) mass is 265 g/mol. The minimum absolute atomic E-state index is 0.305. The van der Waals surface area contributed by atoms with Gasteiger partial charge in [0.05, 0.1) is 0 Å². The normalized spacial score (nSPS) is 45.3. The number of hydrogen-bond acceptors (Lipinski definition) is 3. The van der Waals surface area contributed by atoms with Crippen LogP contribution in [0.25, 0.3) is 0 Å². The van der Waals surface area contributed by atoms with Crippen molar-refractivity contribution in [1.29, 1.82) is 0 Å². The van der Waals surface area contributed by atoms with E-state index in [9.17, 15) is 0 Å². The average Bonchev–Trinajstić information content (AvgIpc) is 2.88. The number of hydrogen-bond donors (Lipinski definition) is 1. The summed E-state index contributed by atoms with van der Waals surface area (Å²) in [5, 5.41) is 0.